The van der Waals surface area contributed by atoms with Crippen LogP contribution >= 0.6 is 0 Å². The molecular formula is C26H25F3N6O3. The number of allylic oxidation sites excluding steroid dienone is 1. The molecule has 1 unspecified atom stereocenters. The van der Waals surface area contributed by atoms with Crippen LogP contribution in [0.25, 0.3) is 0 Å². The normalized spacial score (nSPS) is 15.4. The average molecular weight is 527 g/mol. The summed E-state index contributed by atoms with van der Waals surface area (Å²) in [7, 11) is 4.85. The van der Waals surface area contributed by atoms with Gasteiger partial charge in [-0.15, -0.1) is 5.10 Å². The zero-order chi connectivity index (χ0) is 27.8. The third-order valence-corrected chi connectivity index (χ3v) is 6.26. The van der Waals surface area contributed by atoms with Gasteiger partial charge >= 0.3 is 17.8 Å². The minimum atomic E-state index is -4.61. The summed E-state index contributed by atoms with van der Waals surface area (Å²) in [6.07, 6.45) is -4.61. The number of benzene rings is 2. The number of anilines is 2. The van der Waals surface area contributed by atoms with E-state index in [9.17, 15) is 28.0 Å². The maximum atomic E-state index is 13.7. The molecule has 0 fully saturated rings. The number of carbonyl (C=O) groups is 1. The molecule has 0 saturated heterocycles. The van der Waals surface area contributed by atoms with Gasteiger partial charge in [0, 0.05) is 17.9 Å². The highest BCUT2D eigenvalue weighted by molar-refractivity contribution is 5.93. The largest absolute Gasteiger partial charge is 0.466 e. The SMILES string of the molecule is COC(=O)C1=C(C)N(c2cccc(C(F)(F)F)c2)c2nn(CCN(C)C)c(=O)n2C1c1ccc(C#N)cc1. The van der Waals surface area contributed by atoms with Crippen LogP contribution in [0.5, 0.6) is 0 Å². The monoisotopic (exact) mass is 526 g/mol. The van der Waals surface area contributed by atoms with Crippen LogP contribution in [0.1, 0.15) is 29.7 Å². The van der Waals surface area contributed by atoms with E-state index in [0.29, 0.717) is 17.7 Å². The third kappa shape index (κ3) is 4.80. The van der Waals surface area contributed by atoms with E-state index in [2.05, 4.69) is 5.10 Å². The van der Waals surface area contributed by atoms with Crippen molar-refractivity contribution in [3.63, 3.8) is 0 Å². The molecule has 38 heavy (non-hydrogen) atoms. The lowest BCUT2D eigenvalue weighted by Gasteiger charge is -2.35. The number of aromatic nitrogens is 3. The van der Waals surface area contributed by atoms with Crippen LogP contribution in [-0.2, 0) is 22.3 Å². The summed E-state index contributed by atoms with van der Waals surface area (Å²) in [5, 5.41) is 13.7. The van der Waals surface area contributed by atoms with Gasteiger partial charge in [-0.1, -0.05) is 18.2 Å². The van der Waals surface area contributed by atoms with Crippen molar-refractivity contribution >= 4 is 17.6 Å². The van der Waals surface area contributed by atoms with E-state index in [1.807, 2.05) is 25.1 Å². The van der Waals surface area contributed by atoms with Crippen molar-refractivity contribution in [2.75, 3.05) is 32.6 Å². The van der Waals surface area contributed by atoms with Gasteiger partial charge in [0.25, 0.3) is 0 Å². The highest BCUT2D eigenvalue weighted by Crippen LogP contribution is 2.43. The first-order chi connectivity index (χ1) is 18.0. The Bertz CT molecular complexity index is 1500. The Morgan fingerprint density at radius 2 is 1.87 bits per heavy atom. The lowest BCUT2D eigenvalue weighted by Crippen LogP contribution is -2.38. The second-order valence-corrected chi connectivity index (χ2v) is 8.99. The Morgan fingerprint density at radius 1 is 1.18 bits per heavy atom. The fourth-order valence-corrected chi connectivity index (χ4v) is 4.38. The van der Waals surface area contributed by atoms with Crippen LogP contribution in [-0.4, -0.2) is 53.0 Å². The summed E-state index contributed by atoms with van der Waals surface area (Å²) >= 11 is 0. The third-order valence-electron chi connectivity index (χ3n) is 6.26. The maximum Gasteiger partial charge on any atom is 0.416 e. The molecule has 2 heterocycles. The summed E-state index contributed by atoms with van der Waals surface area (Å²) < 4.78 is 48.3. The van der Waals surface area contributed by atoms with Crippen molar-refractivity contribution < 1.29 is 22.7 Å². The van der Waals surface area contributed by atoms with Crippen molar-refractivity contribution in [1.82, 2.24) is 19.2 Å². The molecule has 2 aromatic carbocycles. The van der Waals surface area contributed by atoms with Crippen LogP contribution in [0, 0.1) is 11.3 Å². The zero-order valence-corrected chi connectivity index (χ0v) is 21.2. The quantitative estimate of drug-likeness (QED) is 0.452. The number of likely N-dealkylation sites (N-methyl/N-ethyl adjacent to an activating group) is 1. The summed E-state index contributed by atoms with van der Waals surface area (Å²) in [6.45, 7) is 2.24. The molecule has 3 aromatic rings. The van der Waals surface area contributed by atoms with Gasteiger partial charge in [-0.2, -0.15) is 18.4 Å². The number of hydrogen-bond donors (Lipinski definition) is 0. The summed E-state index contributed by atoms with van der Waals surface area (Å²) in [5.74, 6) is -0.708. The first-order valence-electron chi connectivity index (χ1n) is 11.6. The Labute approximate surface area is 216 Å². The number of rotatable bonds is 6. The number of ether oxygens (including phenoxy) is 1. The molecule has 0 radical (unpaired) electrons. The molecular weight excluding hydrogens is 501 g/mol. The predicted molar refractivity (Wildman–Crippen MR) is 133 cm³/mol. The van der Waals surface area contributed by atoms with Crippen LogP contribution in [0.3, 0.4) is 0 Å². The van der Waals surface area contributed by atoms with E-state index in [-0.39, 0.29) is 29.5 Å². The number of methoxy groups -OCH3 is 1. The van der Waals surface area contributed by atoms with Crippen LogP contribution in [0.2, 0.25) is 0 Å². The Kier molecular flexibility index (Phi) is 7.15. The van der Waals surface area contributed by atoms with E-state index < -0.39 is 29.4 Å². The minimum Gasteiger partial charge on any atom is -0.466 e. The Morgan fingerprint density at radius 3 is 2.45 bits per heavy atom. The van der Waals surface area contributed by atoms with E-state index in [1.165, 1.54) is 33.4 Å². The summed E-state index contributed by atoms with van der Waals surface area (Å²) in [6, 6.07) is 12.0. The molecule has 0 N–H and O–H groups in total. The highest BCUT2D eigenvalue weighted by atomic mass is 19.4. The van der Waals surface area contributed by atoms with Crippen molar-refractivity contribution in [3.8, 4) is 6.07 Å². The zero-order valence-electron chi connectivity index (χ0n) is 21.2. The number of alkyl halides is 3. The number of nitriles is 1. The van der Waals surface area contributed by atoms with Gasteiger partial charge in [-0.05, 0) is 56.9 Å². The maximum absolute atomic E-state index is 13.7. The molecule has 4 rings (SSSR count). The van der Waals surface area contributed by atoms with Crippen molar-refractivity contribution in [3.05, 3.63) is 87.0 Å². The second kappa shape index (κ2) is 10.2. The molecule has 198 valence electrons. The summed E-state index contributed by atoms with van der Waals surface area (Å²) in [5.41, 5.74) is -0.186. The molecule has 0 bridgehead atoms. The van der Waals surface area contributed by atoms with Crippen LogP contribution in [0.4, 0.5) is 24.8 Å². The van der Waals surface area contributed by atoms with Crippen LogP contribution < -0.4 is 10.6 Å². The van der Waals surface area contributed by atoms with Crippen molar-refractivity contribution in [1.29, 1.82) is 5.26 Å². The van der Waals surface area contributed by atoms with Crippen LogP contribution in [0.15, 0.2) is 64.6 Å². The van der Waals surface area contributed by atoms with Gasteiger partial charge in [-0.25, -0.2) is 18.8 Å². The lowest BCUT2D eigenvalue weighted by molar-refractivity contribution is -0.138. The molecule has 1 aromatic heterocycles. The number of carbonyl (C=O) groups excluding carboxylic acids is 1. The average Bonchev–Trinajstić information content (AvgIpc) is 3.21. The van der Waals surface area contributed by atoms with Gasteiger partial charge in [0.2, 0.25) is 5.95 Å². The number of hydrogen-bond acceptors (Lipinski definition) is 7. The topological polar surface area (TPSA) is 96.4 Å². The predicted octanol–water partition coefficient (Wildman–Crippen LogP) is 3.68. The molecule has 0 spiro atoms. The smallest absolute Gasteiger partial charge is 0.416 e. The molecule has 9 nitrogen and oxygen atoms in total. The second-order valence-electron chi connectivity index (χ2n) is 8.99. The molecule has 1 aliphatic rings. The highest BCUT2D eigenvalue weighted by Gasteiger charge is 2.41. The molecule has 0 aliphatic carbocycles. The summed E-state index contributed by atoms with van der Waals surface area (Å²) in [4.78, 5) is 30.1. The lowest BCUT2D eigenvalue weighted by atomic mass is 9.93. The molecule has 0 saturated carbocycles. The number of fused-ring (bicyclic) bond motifs is 1. The fraction of sp³-hybridized carbons (Fsp3) is 0.308. The minimum absolute atomic E-state index is 0.0487. The molecule has 12 heteroatoms. The van der Waals surface area contributed by atoms with Crippen molar-refractivity contribution in [2.45, 2.75) is 25.7 Å². The van der Waals surface area contributed by atoms with Gasteiger partial charge < -0.3 is 9.64 Å². The first-order valence-corrected chi connectivity index (χ1v) is 11.6. The number of esters is 1. The molecule has 1 atom stereocenters. The van der Waals surface area contributed by atoms with Gasteiger partial charge in [-0.3, -0.25) is 4.90 Å². The number of halogens is 3. The fourth-order valence-electron chi connectivity index (χ4n) is 4.38. The van der Waals surface area contributed by atoms with Gasteiger partial charge in [0.05, 0.1) is 36.4 Å². The molecule has 0 amide bonds. The van der Waals surface area contributed by atoms with E-state index in [0.717, 1.165) is 12.1 Å². The van der Waals surface area contributed by atoms with Gasteiger partial charge in [0.15, 0.2) is 0 Å². The van der Waals surface area contributed by atoms with E-state index in [4.69, 9.17) is 4.74 Å². The van der Waals surface area contributed by atoms with Gasteiger partial charge in [0.1, 0.15) is 6.04 Å². The van der Waals surface area contributed by atoms with E-state index in [1.54, 1.807) is 31.2 Å². The Hall–Kier alpha value is -4.37. The molecule has 1 aliphatic heterocycles. The number of nitrogens with zero attached hydrogens (tertiary/aromatic N) is 6. The first kappa shape index (κ1) is 26.7. The Balaban J connectivity index is 2.03. The van der Waals surface area contributed by atoms with Crippen molar-refractivity contribution in [2.24, 2.45) is 0 Å². The van der Waals surface area contributed by atoms with E-state index >= 15 is 0 Å². The standard InChI is InChI=1S/C26H25F3N6O3/c1-16-21(23(36)38-4)22(18-10-8-17(15-30)9-11-18)35-24(31-33(25(35)37)13-12-32(2)3)34(16)20-7-5-6-19(14-20)26(27,28)29/h5-11,14,22H,12-13H2,1-4H3.